The monoisotopic (exact) mass is 330 g/mol. The van der Waals surface area contributed by atoms with Crippen molar-refractivity contribution in [2.24, 2.45) is 0 Å². The Morgan fingerprint density at radius 1 is 1.14 bits per heavy atom. The van der Waals surface area contributed by atoms with Gasteiger partial charge in [-0.1, -0.05) is 29.3 Å². The molecule has 0 radical (unpaired) electrons. The van der Waals surface area contributed by atoms with Crippen molar-refractivity contribution in [3.63, 3.8) is 0 Å². The third kappa shape index (κ3) is 3.17. The summed E-state index contributed by atoms with van der Waals surface area (Å²) in [6.07, 6.45) is 0. The number of ketones is 1. The maximum Gasteiger partial charge on any atom is 0.200 e. The van der Waals surface area contributed by atoms with E-state index in [1.807, 2.05) is 0 Å². The minimum atomic E-state index is -0.957. The van der Waals surface area contributed by atoms with E-state index in [1.165, 1.54) is 18.2 Å². The number of ether oxygens (including phenoxy) is 1. The van der Waals surface area contributed by atoms with Crippen molar-refractivity contribution in [3.05, 3.63) is 63.1 Å². The van der Waals surface area contributed by atoms with E-state index in [4.69, 9.17) is 27.9 Å². The third-order valence-electron chi connectivity index (χ3n) is 2.76. The highest BCUT2D eigenvalue weighted by atomic mass is 35.5. The zero-order valence-electron chi connectivity index (χ0n) is 10.9. The molecule has 2 aromatic rings. The average Bonchev–Trinajstić information content (AvgIpc) is 2.42. The minimum absolute atomic E-state index is 0.00973. The van der Waals surface area contributed by atoms with Crippen molar-refractivity contribution in [2.45, 2.75) is 6.92 Å². The van der Waals surface area contributed by atoms with Crippen LogP contribution in [0.3, 0.4) is 0 Å². The third-order valence-corrected chi connectivity index (χ3v) is 3.36. The van der Waals surface area contributed by atoms with Gasteiger partial charge >= 0.3 is 0 Å². The van der Waals surface area contributed by atoms with E-state index in [1.54, 1.807) is 6.92 Å². The second kappa shape index (κ2) is 6.41. The molecule has 0 atom stereocenters. The molecule has 6 heteroatoms. The molecule has 0 aromatic heterocycles. The van der Waals surface area contributed by atoms with Gasteiger partial charge in [-0.25, -0.2) is 8.78 Å². The molecule has 2 rings (SSSR count). The zero-order chi connectivity index (χ0) is 15.6. The predicted octanol–water partition coefficient (Wildman–Crippen LogP) is 4.90. The Morgan fingerprint density at radius 3 is 2.33 bits per heavy atom. The van der Waals surface area contributed by atoms with Crippen molar-refractivity contribution in [3.8, 4) is 5.75 Å². The van der Waals surface area contributed by atoms with E-state index >= 15 is 0 Å². The number of carbonyl (C=O) groups is 1. The summed E-state index contributed by atoms with van der Waals surface area (Å²) in [6.45, 7) is 2.13. The van der Waals surface area contributed by atoms with Crippen molar-refractivity contribution in [2.75, 3.05) is 6.61 Å². The summed E-state index contributed by atoms with van der Waals surface area (Å²) in [4.78, 5) is 12.3. The summed E-state index contributed by atoms with van der Waals surface area (Å²) < 4.78 is 32.5. The Hall–Kier alpha value is -1.65. The average molecular weight is 331 g/mol. The van der Waals surface area contributed by atoms with Crippen molar-refractivity contribution in [1.29, 1.82) is 0 Å². The Bertz CT molecular complexity index is 682. The van der Waals surface area contributed by atoms with Gasteiger partial charge in [-0.15, -0.1) is 0 Å². The van der Waals surface area contributed by atoms with Gasteiger partial charge in [0, 0.05) is 11.6 Å². The van der Waals surface area contributed by atoms with Crippen LogP contribution in [0.15, 0.2) is 30.3 Å². The molecule has 0 aliphatic heterocycles. The van der Waals surface area contributed by atoms with Gasteiger partial charge in [-0.05, 0) is 25.1 Å². The molecule has 0 amide bonds. The number of rotatable bonds is 4. The Kier molecular flexibility index (Phi) is 4.80. The van der Waals surface area contributed by atoms with Gasteiger partial charge in [0.1, 0.15) is 17.4 Å². The number of carbonyl (C=O) groups excluding carboxylic acids is 1. The van der Waals surface area contributed by atoms with Crippen LogP contribution in [0.25, 0.3) is 0 Å². The number of benzene rings is 2. The molecular weight excluding hydrogens is 321 g/mol. The fourth-order valence-electron chi connectivity index (χ4n) is 1.82. The molecule has 2 aromatic carbocycles. The summed E-state index contributed by atoms with van der Waals surface area (Å²) in [5.74, 6) is -2.49. The van der Waals surface area contributed by atoms with E-state index < -0.39 is 23.0 Å². The van der Waals surface area contributed by atoms with Crippen LogP contribution < -0.4 is 4.74 Å². The predicted molar refractivity (Wildman–Crippen MR) is 77.4 cm³/mol. The van der Waals surface area contributed by atoms with Crippen LogP contribution in [0.2, 0.25) is 10.0 Å². The first-order valence-corrected chi connectivity index (χ1v) is 6.81. The summed E-state index contributed by atoms with van der Waals surface area (Å²) in [7, 11) is 0. The van der Waals surface area contributed by atoms with Crippen molar-refractivity contribution in [1.82, 2.24) is 0 Å². The van der Waals surface area contributed by atoms with Gasteiger partial charge in [0.2, 0.25) is 0 Å². The van der Waals surface area contributed by atoms with Gasteiger partial charge in [-0.2, -0.15) is 0 Å². The lowest BCUT2D eigenvalue weighted by Gasteiger charge is -2.10. The molecule has 0 spiro atoms. The van der Waals surface area contributed by atoms with Crippen molar-refractivity contribution < 1.29 is 18.3 Å². The zero-order valence-corrected chi connectivity index (χ0v) is 12.4. The van der Waals surface area contributed by atoms with E-state index in [0.29, 0.717) is 12.4 Å². The van der Waals surface area contributed by atoms with Crippen LogP contribution in [-0.2, 0) is 0 Å². The lowest BCUT2D eigenvalue weighted by molar-refractivity contribution is 0.103. The normalized spacial score (nSPS) is 10.5. The molecule has 21 heavy (non-hydrogen) atoms. The highest BCUT2D eigenvalue weighted by Crippen LogP contribution is 2.33. The first-order valence-electron chi connectivity index (χ1n) is 6.06. The first-order chi connectivity index (χ1) is 9.95. The smallest absolute Gasteiger partial charge is 0.200 e. The van der Waals surface area contributed by atoms with Gasteiger partial charge in [-0.3, -0.25) is 4.79 Å². The van der Waals surface area contributed by atoms with Crippen LogP contribution in [0.4, 0.5) is 8.78 Å². The van der Waals surface area contributed by atoms with Crippen LogP contribution in [-0.4, -0.2) is 12.4 Å². The highest BCUT2D eigenvalue weighted by molar-refractivity contribution is 6.37. The molecule has 0 heterocycles. The maximum absolute atomic E-state index is 13.7. The summed E-state index contributed by atoms with van der Waals surface area (Å²) in [6, 6.07) is 5.76. The molecular formula is C15H10Cl2F2O2. The van der Waals surface area contributed by atoms with Crippen LogP contribution in [0.1, 0.15) is 22.8 Å². The lowest BCUT2D eigenvalue weighted by Crippen LogP contribution is -2.08. The first kappa shape index (κ1) is 15.7. The molecule has 0 aliphatic carbocycles. The van der Waals surface area contributed by atoms with Gasteiger partial charge in [0.25, 0.3) is 0 Å². The summed E-state index contributed by atoms with van der Waals surface area (Å²) in [5.41, 5.74) is -0.756. The molecule has 0 bridgehead atoms. The van der Waals surface area contributed by atoms with Crippen LogP contribution >= 0.6 is 23.2 Å². The molecule has 110 valence electrons. The topological polar surface area (TPSA) is 26.3 Å². The maximum atomic E-state index is 13.7. The summed E-state index contributed by atoms with van der Waals surface area (Å²) >= 11 is 12.0. The number of halogens is 4. The SMILES string of the molecule is CCOc1cc(Cl)c(C(=O)c2c(F)cccc2F)cc1Cl. The Balaban J connectivity index is 2.52. The highest BCUT2D eigenvalue weighted by Gasteiger charge is 2.22. The molecule has 0 aliphatic rings. The second-order valence-electron chi connectivity index (χ2n) is 4.12. The molecule has 0 saturated heterocycles. The molecule has 0 N–H and O–H groups in total. The Morgan fingerprint density at radius 2 is 1.76 bits per heavy atom. The van der Waals surface area contributed by atoms with Crippen LogP contribution in [0, 0.1) is 11.6 Å². The number of hydrogen-bond donors (Lipinski definition) is 0. The van der Waals surface area contributed by atoms with Gasteiger partial charge < -0.3 is 4.74 Å². The standard InChI is InChI=1S/C15H10Cl2F2O2/c1-2-21-13-7-9(16)8(6-10(13)17)15(20)14-11(18)4-3-5-12(14)19/h3-7H,2H2,1H3. The summed E-state index contributed by atoms with van der Waals surface area (Å²) in [5, 5.41) is 0.150. The largest absolute Gasteiger partial charge is 0.492 e. The van der Waals surface area contributed by atoms with E-state index in [-0.39, 0.29) is 15.6 Å². The fraction of sp³-hybridized carbons (Fsp3) is 0.133. The molecule has 2 nitrogen and oxygen atoms in total. The quantitative estimate of drug-likeness (QED) is 0.745. The van der Waals surface area contributed by atoms with E-state index in [0.717, 1.165) is 12.1 Å². The Labute approximate surface area is 130 Å². The van der Waals surface area contributed by atoms with Crippen LogP contribution in [0.5, 0.6) is 5.75 Å². The number of hydrogen-bond acceptors (Lipinski definition) is 2. The van der Waals surface area contributed by atoms with Crippen molar-refractivity contribution >= 4 is 29.0 Å². The minimum Gasteiger partial charge on any atom is -0.492 e. The van der Waals surface area contributed by atoms with E-state index in [2.05, 4.69) is 0 Å². The molecule has 0 unspecified atom stereocenters. The van der Waals surface area contributed by atoms with E-state index in [9.17, 15) is 13.6 Å². The van der Waals surface area contributed by atoms with Gasteiger partial charge in [0.15, 0.2) is 5.78 Å². The lowest BCUT2D eigenvalue weighted by atomic mass is 10.0. The fourth-order valence-corrected chi connectivity index (χ4v) is 2.28. The van der Waals surface area contributed by atoms with Gasteiger partial charge in [0.05, 0.1) is 22.2 Å². The molecule has 0 saturated carbocycles. The molecule has 0 fully saturated rings. The second-order valence-corrected chi connectivity index (χ2v) is 4.94.